The summed E-state index contributed by atoms with van der Waals surface area (Å²) in [7, 11) is 0. The SMILES string of the molecule is N#Cc1nc(-c2ccccn2)c2ccccc2c1-c1ccccc1. The highest BCUT2D eigenvalue weighted by Gasteiger charge is 2.16. The van der Waals surface area contributed by atoms with Crippen LogP contribution in [0.1, 0.15) is 5.69 Å². The summed E-state index contributed by atoms with van der Waals surface area (Å²) in [6.07, 6.45) is 1.74. The number of nitrogens with zero attached hydrogens (tertiary/aromatic N) is 3. The van der Waals surface area contributed by atoms with Crippen LogP contribution in [0.4, 0.5) is 0 Å². The Hall–Kier alpha value is -3.51. The van der Waals surface area contributed by atoms with Crippen molar-refractivity contribution in [3.05, 3.63) is 84.7 Å². The van der Waals surface area contributed by atoms with Crippen molar-refractivity contribution in [2.75, 3.05) is 0 Å². The van der Waals surface area contributed by atoms with Crippen LogP contribution < -0.4 is 0 Å². The molecule has 3 heteroatoms. The molecule has 0 saturated carbocycles. The molecule has 2 heterocycles. The minimum Gasteiger partial charge on any atom is -0.255 e. The molecule has 0 atom stereocenters. The Kier molecular flexibility index (Phi) is 3.49. The zero-order valence-electron chi connectivity index (χ0n) is 12.8. The summed E-state index contributed by atoms with van der Waals surface area (Å²) in [6.45, 7) is 0. The summed E-state index contributed by atoms with van der Waals surface area (Å²) in [5.74, 6) is 0. The summed E-state index contributed by atoms with van der Waals surface area (Å²) in [5, 5.41) is 11.7. The fraction of sp³-hybridized carbons (Fsp3) is 0. The number of nitriles is 1. The van der Waals surface area contributed by atoms with Gasteiger partial charge in [-0.1, -0.05) is 60.7 Å². The number of pyridine rings is 2. The van der Waals surface area contributed by atoms with Crippen molar-refractivity contribution in [2.45, 2.75) is 0 Å². The second kappa shape index (κ2) is 5.94. The molecule has 0 N–H and O–H groups in total. The van der Waals surface area contributed by atoms with Crippen molar-refractivity contribution in [2.24, 2.45) is 0 Å². The molecule has 0 aliphatic carbocycles. The molecule has 4 rings (SSSR count). The number of fused-ring (bicyclic) bond motifs is 1. The Morgan fingerprint density at radius 3 is 2.17 bits per heavy atom. The summed E-state index contributed by atoms with van der Waals surface area (Å²) in [4.78, 5) is 9.05. The first-order valence-corrected chi connectivity index (χ1v) is 7.68. The van der Waals surface area contributed by atoms with Crippen LogP contribution in [0, 0.1) is 11.3 Å². The largest absolute Gasteiger partial charge is 0.255 e. The highest BCUT2D eigenvalue weighted by Crippen LogP contribution is 2.35. The van der Waals surface area contributed by atoms with E-state index in [4.69, 9.17) is 0 Å². The van der Waals surface area contributed by atoms with Crippen LogP contribution in [0.25, 0.3) is 33.3 Å². The molecule has 2 aromatic carbocycles. The van der Waals surface area contributed by atoms with E-state index in [2.05, 4.69) is 16.0 Å². The van der Waals surface area contributed by atoms with Gasteiger partial charge < -0.3 is 0 Å². The predicted molar refractivity (Wildman–Crippen MR) is 95.1 cm³/mol. The number of rotatable bonds is 2. The maximum absolute atomic E-state index is 9.68. The summed E-state index contributed by atoms with van der Waals surface area (Å²) in [6, 6.07) is 25.9. The van der Waals surface area contributed by atoms with Gasteiger partial charge in [0, 0.05) is 17.1 Å². The van der Waals surface area contributed by atoms with Gasteiger partial charge in [0.25, 0.3) is 0 Å². The van der Waals surface area contributed by atoms with Gasteiger partial charge in [0.15, 0.2) is 0 Å². The summed E-state index contributed by atoms with van der Waals surface area (Å²) >= 11 is 0. The van der Waals surface area contributed by atoms with Crippen LogP contribution >= 0.6 is 0 Å². The average molecular weight is 307 g/mol. The van der Waals surface area contributed by atoms with Crippen LogP contribution in [-0.2, 0) is 0 Å². The first-order chi connectivity index (χ1) is 11.9. The molecule has 0 fully saturated rings. The van der Waals surface area contributed by atoms with E-state index in [1.807, 2.05) is 72.8 Å². The van der Waals surface area contributed by atoms with Crippen LogP contribution in [0.15, 0.2) is 79.0 Å². The average Bonchev–Trinajstić information content (AvgIpc) is 2.68. The molecule has 0 aliphatic rings. The lowest BCUT2D eigenvalue weighted by Gasteiger charge is -2.12. The lowest BCUT2D eigenvalue weighted by atomic mass is 9.95. The third-order valence-electron chi connectivity index (χ3n) is 3.99. The van der Waals surface area contributed by atoms with E-state index < -0.39 is 0 Å². The third kappa shape index (κ3) is 2.31. The highest BCUT2D eigenvalue weighted by molar-refractivity contribution is 6.04. The Morgan fingerprint density at radius 2 is 1.46 bits per heavy atom. The van der Waals surface area contributed by atoms with Gasteiger partial charge in [-0.3, -0.25) is 4.98 Å². The lowest BCUT2D eigenvalue weighted by molar-refractivity contribution is 1.24. The van der Waals surface area contributed by atoms with E-state index in [1.165, 1.54) is 0 Å². The molecule has 0 bridgehead atoms. The van der Waals surface area contributed by atoms with Gasteiger partial charge in [-0.05, 0) is 23.1 Å². The maximum atomic E-state index is 9.68. The maximum Gasteiger partial charge on any atom is 0.149 e. The fourth-order valence-electron chi connectivity index (χ4n) is 2.94. The van der Waals surface area contributed by atoms with Crippen LogP contribution in [0.5, 0.6) is 0 Å². The zero-order chi connectivity index (χ0) is 16.4. The summed E-state index contributed by atoms with van der Waals surface area (Å²) in [5.41, 5.74) is 3.78. The van der Waals surface area contributed by atoms with Gasteiger partial charge in [-0.25, -0.2) is 4.98 Å². The number of hydrogen-bond donors (Lipinski definition) is 0. The van der Waals surface area contributed by atoms with E-state index in [1.54, 1.807) is 6.20 Å². The topological polar surface area (TPSA) is 49.6 Å². The van der Waals surface area contributed by atoms with Gasteiger partial charge in [0.2, 0.25) is 0 Å². The van der Waals surface area contributed by atoms with Crippen LogP contribution in [0.2, 0.25) is 0 Å². The van der Waals surface area contributed by atoms with Crippen molar-refractivity contribution >= 4 is 10.8 Å². The minimum atomic E-state index is 0.417. The Morgan fingerprint density at radius 1 is 0.750 bits per heavy atom. The van der Waals surface area contributed by atoms with Gasteiger partial charge in [-0.15, -0.1) is 0 Å². The zero-order valence-corrected chi connectivity index (χ0v) is 12.8. The van der Waals surface area contributed by atoms with Gasteiger partial charge in [0.1, 0.15) is 11.8 Å². The smallest absolute Gasteiger partial charge is 0.149 e. The van der Waals surface area contributed by atoms with Crippen molar-refractivity contribution in [3.63, 3.8) is 0 Å². The molecule has 0 saturated heterocycles. The summed E-state index contributed by atoms with van der Waals surface area (Å²) < 4.78 is 0. The molecule has 24 heavy (non-hydrogen) atoms. The molecule has 0 radical (unpaired) electrons. The number of hydrogen-bond acceptors (Lipinski definition) is 3. The molecule has 4 aromatic rings. The van der Waals surface area contributed by atoms with E-state index in [-0.39, 0.29) is 0 Å². The standard InChI is InChI=1S/C21H13N3/c22-14-19-20(15-8-2-1-3-9-15)16-10-4-5-11-17(16)21(24-19)18-12-6-7-13-23-18/h1-13H. The molecule has 0 amide bonds. The van der Waals surface area contributed by atoms with E-state index in [0.717, 1.165) is 33.3 Å². The number of benzene rings is 2. The number of aromatic nitrogens is 2. The minimum absolute atomic E-state index is 0.417. The van der Waals surface area contributed by atoms with Crippen LogP contribution in [0.3, 0.4) is 0 Å². The van der Waals surface area contributed by atoms with Crippen molar-refractivity contribution in [3.8, 4) is 28.6 Å². The Bertz CT molecular complexity index is 1050. The monoisotopic (exact) mass is 307 g/mol. The lowest BCUT2D eigenvalue weighted by Crippen LogP contribution is -1.97. The second-order valence-corrected chi connectivity index (χ2v) is 5.42. The fourth-order valence-corrected chi connectivity index (χ4v) is 2.94. The molecule has 112 valence electrons. The Balaban J connectivity index is 2.12. The normalized spacial score (nSPS) is 10.5. The predicted octanol–water partition coefficient (Wildman–Crippen LogP) is 4.84. The molecule has 0 spiro atoms. The van der Waals surface area contributed by atoms with Crippen molar-refractivity contribution < 1.29 is 0 Å². The molecule has 2 aromatic heterocycles. The van der Waals surface area contributed by atoms with E-state index in [9.17, 15) is 5.26 Å². The third-order valence-corrected chi connectivity index (χ3v) is 3.99. The molecule has 3 nitrogen and oxygen atoms in total. The van der Waals surface area contributed by atoms with E-state index in [0.29, 0.717) is 5.69 Å². The quantitative estimate of drug-likeness (QED) is 0.532. The van der Waals surface area contributed by atoms with Crippen molar-refractivity contribution in [1.29, 1.82) is 5.26 Å². The Labute approximate surface area is 139 Å². The van der Waals surface area contributed by atoms with E-state index >= 15 is 0 Å². The molecule has 0 unspecified atom stereocenters. The first kappa shape index (κ1) is 14.1. The molecular weight excluding hydrogens is 294 g/mol. The molecule has 0 aliphatic heterocycles. The second-order valence-electron chi connectivity index (χ2n) is 5.42. The first-order valence-electron chi connectivity index (χ1n) is 7.68. The van der Waals surface area contributed by atoms with Gasteiger partial charge in [-0.2, -0.15) is 5.26 Å². The van der Waals surface area contributed by atoms with Crippen molar-refractivity contribution in [1.82, 2.24) is 9.97 Å². The van der Waals surface area contributed by atoms with Gasteiger partial charge >= 0.3 is 0 Å². The molecular formula is C21H13N3. The van der Waals surface area contributed by atoms with Gasteiger partial charge in [0.05, 0.1) is 11.4 Å². The highest BCUT2D eigenvalue weighted by atomic mass is 14.8. The van der Waals surface area contributed by atoms with Crippen LogP contribution in [-0.4, -0.2) is 9.97 Å².